The Bertz CT molecular complexity index is 1120. The van der Waals surface area contributed by atoms with Gasteiger partial charge in [0.15, 0.2) is 5.13 Å². The van der Waals surface area contributed by atoms with Crippen molar-refractivity contribution in [2.45, 2.75) is 13.8 Å². The summed E-state index contributed by atoms with van der Waals surface area (Å²) in [6.45, 7) is 3.77. The van der Waals surface area contributed by atoms with Gasteiger partial charge in [0.1, 0.15) is 10.7 Å². The van der Waals surface area contributed by atoms with Crippen LogP contribution in [0.1, 0.15) is 21.6 Å². The number of amides is 1. The highest BCUT2D eigenvalue weighted by molar-refractivity contribution is 7.22. The lowest BCUT2D eigenvalue weighted by Crippen LogP contribution is -2.13. The number of aryl methyl sites for hydroxylation is 2. The van der Waals surface area contributed by atoms with Gasteiger partial charge in [0.25, 0.3) is 5.91 Å². The smallest absolute Gasteiger partial charge is 0.262 e. The minimum absolute atomic E-state index is 0.281. The second-order valence-electron chi connectivity index (χ2n) is 5.89. The quantitative estimate of drug-likeness (QED) is 0.542. The van der Waals surface area contributed by atoms with Gasteiger partial charge < -0.3 is 0 Å². The van der Waals surface area contributed by atoms with Gasteiger partial charge in [-0.1, -0.05) is 53.3 Å². The van der Waals surface area contributed by atoms with E-state index in [9.17, 15) is 4.79 Å². The number of nitrogens with zero attached hydrogens (tertiary/aromatic N) is 3. The van der Waals surface area contributed by atoms with E-state index in [0.29, 0.717) is 16.4 Å². The van der Waals surface area contributed by atoms with Gasteiger partial charge in [-0.3, -0.25) is 10.1 Å². The van der Waals surface area contributed by atoms with Crippen LogP contribution in [0.25, 0.3) is 15.9 Å². The van der Waals surface area contributed by atoms with Crippen molar-refractivity contribution in [1.29, 1.82) is 0 Å². The Kier molecular flexibility index (Phi) is 4.22. The molecule has 0 aliphatic heterocycles. The van der Waals surface area contributed by atoms with Gasteiger partial charge in [-0.2, -0.15) is 5.10 Å². The lowest BCUT2D eigenvalue weighted by molar-refractivity contribution is 0.102. The molecule has 0 unspecified atom stereocenters. The highest BCUT2D eigenvalue weighted by atomic mass is 35.5. The third kappa shape index (κ3) is 2.87. The van der Waals surface area contributed by atoms with Crippen LogP contribution in [0.15, 0.2) is 48.5 Å². The van der Waals surface area contributed by atoms with Crippen molar-refractivity contribution in [2.75, 3.05) is 5.32 Å². The summed E-state index contributed by atoms with van der Waals surface area (Å²) in [6, 6.07) is 15.4. The van der Waals surface area contributed by atoms with Gasteiger partial charge in [-0.15, -0.1) is 0 Å². The predicted molar refractivity (Wildman–Crippen MR) is 106 cm³/mol. The van der Waals surface area contributed by atoms with Crippen LogP contribution >= 0.6 is 22.9 Å². The first-order valence-corrected chi connectivity index (χ1v) is 9.22. The molecule has 2 aromatic heterocycles. The van der Waals surface area contributed by atoms with E-state index in [-0.39, 0.29) is 11.1 Å². The van der Waals surface area contributed by atoms with Crippen molar-refractivity contribution in [3.05, 3.63) is 70.5 Å². The maximum absolute atomic E-state index is 12.8. The number of para-hydroxylation sites is 2. The highest BCUT2D eigenvalue weighted by Gasteiger charge is 2.22. The Labute approximate surface area is 159 Å². The number of benzene rings is 2. The molecule has 0 fully saturated rings. The minimum atomic E-state index is -0.314. The van der Waals surface area contributed by atoms with Crippen LogP contribution in [0.4, 0.5) is 5.13 Å². The monoisotopic (exact) mass is 382 g/mol. The van der Waals surface area contributed by atoms with Crippen LogP contribution < -0.4 is 5.32 Å². The Morgan fingerprint density at radius 1 is 1.12 bits per heavy atom. The summed E-state index contributed by atoms with van der Waals surface area (Å²) in [7, 11) is 0. The Balaban J connectivity index is 1.68. The van der Waals surface area contributed by atoms with Crippen molar-refractivity contribution < 1.29 is 4.79 Å². The summed E-state index contributed by atoms with van der Waals surface area (Å²) in [6.07, 6.45) is 0. The molecule has 0 saturated carbocycles. The fourth-order valence-corrected chi connectivity index (χ4v) is 4.09. The van der Waals surface area contributed by atoms with Crippen LogP contribution in [-0.2, 0) is 0 Å². The summed E-state index contributed by atoms with van der Waals surface area (Å²) in [4.78, 5) is 17.3. The second-order valence-corrected chi connectivity index (χ2v) is 7.28. The van der Waals surface area contributed by atoms with Crippen molar-refractivity contribution in [1.82, 2.24) is 14.8 Å². The summed E-state index contributed by atoms with van der Waals surface area (Å²) in [5.74, 6) is -0.314. The third-order valence-corrected chi connectivity index (χ3v) is 5.36. The number of fused-ring (bicyclic) bond motifs is 1. The van der Waals surface area contributed by atoms with Crippen LogP contribution in [-0.4, -0.2) is 20.7 Å². The number of carbonyl (C=O) groups is 1. The molecule has 7 heteroatoms. The summed E-state index contributed by atoms with van der Waals surface area (Å²) in [5.41, 5.74) is 3.69. The van der Waals surface area contributed by atoms with Crippen LogP contribution in [0.5, 0.6) is 0 Å². The molecular formula is C19H15ClN4OS. The SMILES string of the molecule is Cc1nn(-c2ccccc2)c(Cl)c1C(=O)Nc1nc2c(C)cccc2s1. The van der Waals surface area contributed by atoms with Crippen LogP contribution in [0.2, 0.25) is 5.15 Å². The second kappa shape index (κ2) is 6.55. The highest BCUT2D eigenvalue weighted by Crippen LogP contribution is 2.29. The largest absolute Gasteiger partial charge is 0.298 e. The number of anilines is 1. The van der Waals surface area contributed by atoms with E-state index in [4.69, 9.17) is 11.6 Å². The van der Waals surface area contributed by atoms with Crippen molar-refractivity contribution in [2.24, 2.45) is 0 Å². The molecule has 0 bridgehead atoms. The molecule has 130 valence electrons. The van der Waals surface area contributed by atoms with E-state index in [1.807, 2.05) is 55.5 Å². The van der Waals surface area contributed by atoms with E-state index >= 15 is 0 Å². The number of rotatable bonds is 3. The number of aromatic nitrogens is 3. The standard InChI is InChI=1S/C19H15ClN4OS/c1-11-7-6-10-14-16(11)21-19(26-14)22-18(25)15-12(2)23-24(17(15)20)13-8-4-3-5-9-13/h3-10H,1-2H3,(H,21,22,25). The molecule has 0 aliphatic rings. The lowest BCUT2D eigenvalue weighted by Gasteiger charge is -2.03. The number of hydrogen-bond donors (Lipinski definition) is 1. The van der Waals surface area contributed by atoms with Crippen LogP contribution in [0, 0.1) is 13.8 Å². The average Bonchev–Trinajstić information content (AvgIpc) is 3.17. The first-order valence-electron chi connectivity index (χ1n) is 8.02. The predicted octanol–water partition coefficient (Wildman–Crippen LogP) is 5.00. The van der Waals surface area contributed by atoms with E-state index in [2.05, 4.69) is 15.4 Å². The fraction of sp³-hybridized carbons (Fsp3) is 0.105. The molecular weight excluding hydrogens is 368 g/mol. The number of hydrogen-bond acceptors (Lipinski definition) is 4. The number of nitrogens with one attached hydrogen (secondary N) is 1. The van der Waals surface area contributed by atoms with Gasteiger partial charge in [0, 0.05) is 0 Å². The first kappa shape index (κ1) is 16.8. The van der Waals surface area contributed by atoms with Crippen molar-refractivity contribution >= 4 is 44.2 Å². The molecule has 0 spiro atoms. The Morgan fingerprint density at radius 2 is 1.88 bits per heavy atom. The van der Waals surface area contributed by atoms with E-state index in [0.717, 1.165) is 21.5 Å². The molecule has 4 rings (SSSR count). The maximum atomic E-state index is 12.8. The lowest BCUT2D eigenvalue weighted by atomic mass is 10.2. The Morgan fingerprint density at radius 3 is 2.62 bits per heavy atom. The molecule has 26 heavy (non-hydrogen) atoms. The average molecular weight is 383 g/mol. The van der Waals surface area contributed by atoms with Gasteiger partial charge in [0.05, 0.1) is 21.6 Å². The normalized spacial score (nSPS) is 11.0. The first-order chi connectivity index (χ1) is 12.5. The molecule has 1 amide bonds. The van der Waals surface area contributed by atoms with Gasteiger partial charge in [-0.05, 0) is 37.6 Å². The van der Waals surface area contributed by atoms with Crippen molar-refractivity contribution in [3.63, 3.8) is 0 Å². The molecule has 0 radical (unpaired) electrons. The minimum Gasteiger partial charge on any atom is -0.298 e. The summed E-state index contributed by atoms with van der Waals surface area (Å²) >= 11 is 7.89. The molecule has 0 atom stereocenters. The van der Waals surface area contributed by atoms with Crippen molar-refractivity contribution in [3.8, 4) is 5.69 Å². The number of halogens is 1. The molecule has 0 aliphatic carbocycles. The zero-order valence-electron chi connectivity index (χ0n) is 14.2. The van der Waals surface area contributed by atoms with E-state index in [1.165, 1.54) is 11.3 Å². The van der Waals surface area contributed by atoms with Gasteiger partial charge >= 0.3 is 0 Å². The van der Waals surface area contributed by atoms with Crippen LogP contribution in [0.3, 0.4) is 0 Å². The molecule has 0 saturated heterocycles. The molecule has 2 heterocycles. The summed E-state index contributed by atoms with van der Waals surface area (Å²) < 4.78 is 2.59. The molecule has 2 aromatic carbocycles. The number of thiazole rings is 1. The molecule has 1 N–H and O–H groups in total. The Hall–Kier alpha value is -2.70. The van der Waals surface area contributed by atoms with Gasteiger partial charge in [0.2, 0.25) is 0 Å². The topological polar surface area (TPSA) is 59.8 Å². The molecule has 5 nitrogen and oxygen atoms in total. The third-order valence-electron chi connectivity index (χ3n) is 4.07. The zero-order chi connectivity index (χ0) is 18.3. The maximum Gasteiger partial charge on any atom is 0.262 e. The molecule has 4 aromatic rings. The summed E-state index contributed by atoms with van der Waals surface area (Å²) in [5, 5.41) is 8.08. The van der Waals surface area contributed by atoms with E-state index in [1.54, 1.807) is 11.6 Å². The fourth-order valence-electron chi connectivity index (χ4n) is 2.80. The number of carbonyl (C=O) groups excluding carboxylic acids is 1. The van der Waals surface area contributed by atoms with Gasteiger partial charge in [-0.25, -0.2) is 9.67 Å². The van der Waals surface area contributed by atoms with E-state index < -0.39 is 0 Å². The zero-order valence-corrected chi connectivity index (χ0v) is 15.7.